The van der Waals surface area contributed by atoms with Crippen molar-refractivity contribution in [3.05, 3.63) is 82.4 Å². The molecule has 4 N–H and O–H groups in total. The molecule has 38 heavy (non-hydrogen) atoms. The van der Waals surface area contributed by atoms with Crippen molar-refractivity contribution < 1.29 is 28.2 Å². The molecule has 0 amide bonds. The molecule has 11 heteroatoms. The van der Waals surface area contributed by atoms with Gasteiger partial charge in [0.05, 0.1) is 26.2 Å². The number of anilines is 1. The van der Waals surface area contributed by atoms with Crippen LogP contribution in [-0.4, -0.2) is 49.0 Å². The van der Waals surface area contributed by atoms with Crippen LogP contribution in [0.4, 0.5) is 5.69 Å². The van der Waals surface area contributed by atoms with Gasteiger partial charge in [0.2, 0.25) is 16.3 Å². The molecule has 0 saturated carbocycles. The molecule has 3 aromatic carbocycles. The zero-order chi connectivity index (χ0) is 27.2. The molecule has 0 spiro atoms. The number of ether oxygens (including phenoxy) is 1. The summed E-state index contributed by atoms with van der Waals surface area (Å²) in [5, 5.41) is 26.9. The summed E-state index contributed by atoms with van der Waals surface area (Å²) < 4.78 is 30.3. The fourth-order valence-electron chi connectivity index (χ4n) is 4.64. The number of rotatable bonds is 7. The van der Waals surface area contributed by atoms with E-state index in [0.29, 0.717) is 43.2 Å². The Kier molecular flexibility index (Phi) is 6.70. The predicted molar refractivity (Wildman–Crippen MR) is 147 cm³/mol. The number of hydrogen-bond acceptors (Lipinski definition) is 8. The topological polar surface area (TPSA) is 143 Å². The Morgan fingerprint density at radius 3 is 2.50 bits per heavy atom. The second-order valence-corrected chi connectivity index (χ2v) is 11.2. The molecular weight excluding hydrogens is 526 g/mol. The average molecular weight is 552 g/mol. The van der Waals surface area contributed by atoms with Crippen molar-refractivity contribution in [1.29, 1.82) is 0 Å². The molecule has 9 nitrogen and oxygen atoms in total. The van der Waals surface area contributed by atoms with E-state index < -0.39 is 22.3 Å². The van der Waals surface area contributed by atoms with Crippen LogP contribution in [-0.2, 0) is 10.0 Å². The van der Waals surface area contributed by atoms with Crippen LogP contribution in [0.3, 0.4) is 0 Å². The lowest BCUT2D eigenvalue weighted by atomic mass is 9.87. The third-order valence-electron chi connectivity index (χ3n) is 6.46. The zero-order valence-corrected chi connectivity index (χ0v) is 22.2. The van der Waals surface area contributed by atoms with Gasteiger partial charge in [-0.05, 0) is 55.8 Å². The highest BCUT2D eigenvalue weighted by atomic mass is 32.2. The van der Waals surface area contributed by atoms with E-state index in [2.05, 4.69) is 9.88 Å². The maximum absolute atomic E-state index is 12.2. The lowest BCUT2D eigenvalue weighted by Crippen LogP contribution is -2.26. The number of aliphatic hydroxyl groups is 1. The van der Waals surface area contributed by atoms with Gasteiger partial charge in [-0.2, -0.15) is 0 Å². The average Bonchev–Trinajstić information content (AvgIpc) is 3.31. The van der Waals surface area contributed by atoms with Gasteiger partial charge in [0, 0.05) is 36.0 Å². The minimum absolute atomic E-state index is 0.0552. The van der Waals surface area contributed by atoms with Crippen molar-refractivity contribution in [3.8, 4) is 5.75 Å². The minimum atomic E-state index is -3.92. The number of nitrogens with two attached hydrogens (primary N) is 1. The first kappa shape index (κ1) is 25.9. The summed E-state index contributed by atoms with van der Waals surface area (Å²) in [5.74, 6) is -0.699. The second kappa shape index (κ2) is 9.84. The van der Waals surface area contributed by atoms with Gasteiger partial charge >= 0.3 is 5.97 Å². The van der Waals surface area contributed by atoms with Crippen LogP contribution >= 0.6 is 11.3 Å². The van der Waals surface area contributed by atoms with Crippen LogP contribution in [0, 0.1) is 0 Å². The number of fused-ring (bicyclic) bond motifs is 2. The first-order valence-corrected chi connectivity index (χ1v) is 14.2. The predicted octanol–water partition coefficient (Wildman–Crippen LogP) is 4.16. The van der Waals surface area contributed by atoms with Gasteiger partial charge in [-0.15, -0.1) is 11.3 Å². The molecule has 5 rings (SSSR count). The summed E-state index contributed by atoms with van der Waals surface area (Å²) in [6.07, 6.45) is -1.45. The van der Waals surface area contributed by atoms with Crippen LogP contribution in [0.15, 0.2) is 65.6 Å². The molecule has 1 aliphatic heterocycles. The van der Waals surface area contributed by atoms with E-state index in [0.717, 1.165) is 30.1 Å². The number of benzene rings is 3. The molecule has 0 bridgehead atoms. The van der Waals surface area contributed by atoms with Crippen LogP contribution in [0.2, 0.25) is 0 Å². The molecule has 4 aromatic rings. The maximum atomic E-state index is 12.2. The van der Waals surface area contributed by atoms with Gasteiger partial charge in [0.15, 0.2) is 0 Å². The van der Waals surface area contributed by atoms with Crippen molar-refractivity contribution >= 4 is 54.4 Å². The first-order valence-electron chi connectivity index (χ1n) is 11.9. The number of thiazole rings is 1. The van der Waals surface area contributed by atoms with Gasteiger partial charge in [-0.3, -0.25) is 0 Å². The summed E-state index contributed by atoms with van der Waals surface area (Å²) >= 11 is 1.16. The van der Waals surface area contributed by atoms with Gasteiger partial charge in [-0.1, -0.05) is 18.2 Å². The minimum Gasteiger partial charge on any atom is -0.478 e. The maximum Gasteiger partial charge on any atom is 0.336 e. The van der Waals surface area contributed by atoms with E-state index in [4.69, 9.17) is 9.88 Å². The molecule has 0 fully saturated rings. The summed E-state index contributed by atoms with van der Waals surface area (Å²) in [7, 11) is -3.92. The van der Waals surface area contributed by atoms with Crippen molar-refractivity contribution in [2.75, 3.05) is 18.0 Å². The standard InChI is InChI=1S/C27H25N3O6S2/c1-3-30(4-2)15-9-11-19-21(13-15)36-27(33)24(23(19)17-7-5-6-8-18(17)26(31)32)25-29-20-12-10-16(38(28,34)35)14-22(20)37-25/h5-14,27,33H,3-4H2,1-2H3,(H,31,32)(H2,28,34,35). The smallest absolute Gasteiger partial charge is 0.336 e. The van der Waals surface area contributed by atoms with E-state index in [9.17, 15) is 23.4 Å². The Labute approximate surface area is 223 Å². The number of nitrogens with zero attached hydrogens (tertiary/aromatic N) is 2. The lowest BCUT2D eigenvalue weighted by Gasteiger charge is -2.30. The largest absolute Gasteiger partial charge is 0.478 e. The van der Waals surface area contributed by atoms with E-state index in [1.54, 1.807) is 24.3 Å². The van der Waals surface area contributed by atoms with Crippen molar-refractivity contribution in [2.45, 2.75) is 25.0 Å². The Morgan fingerprint density at radius 2 is 1.82 bits per heavy atom. The molecular formula is C27H25N3O6S2. The van der Waals surface area contributed by atoms with E-state index >= 15 is 0 Å². The second-order valence-electron chi connectivity index (χ2n) is 8.66. The molecule has 1 atom stereocenters. The molecule has 196 valence electrons. The van der Waals surface area contributed by atoms with Crippen molar-refractivity contribution in [1.82, 2.24) is 4.98 Å². The third kappa shape index (κ3) is 4.54. The normalized spacial score (nSPS) is 15.3. The van der Waals surface area contributed by atoms with Gasteiger partial charge in [0.25, 0.3) is 0 Å². The number of carbonyl (C=O) groups is 1. The van der Waals surface area contributed by atoms with Gasteiger partial charge in [-0.25, -0.2) is 23.3 Å². The monoisotopic (exact) mass is 551 g/mol. The number of hydrogen-bond donors (Lipinski definition) is 3. The summed E-state index contributed by atoms with van der Waals surface area (Å²) in [4.78, 5) is 18.9. The van der Waals surface area contributed by atoms with E-state index in [1.165, 1.54) is 18.2 Å². The molecule has 1 unspecified atom stereocenters. The number of primary sulfonamides is 1. The molecule has 0 aliphatic carbocycles. The molecule has 1 aromatic heterocycles. The fourth-order valence-corrected chi connectivity index (χ4v) is 6.32. The SMILES string of the molecule is CCN(CC)c1ccc2c(c1)OC(O)C(c1nc3ccc(S(N)(=O)=O)cc3s1)=C2c1ccccc1C(=O)O. The molecule has 0 radical (unpaired) electrons. The molecule has 0 saturated heterocycles. The Balaban J connectivity index is 1.80. The number of carboxylic acids is 1. The Hall–Kier alpha value is -3.77. The van der Waals surface area contributed by atoms with Gasteiger partial charge < -0.3 is 19.8 Å². The highest BCUT2D eigenvalue weighted by Crippen LogP contribution is 2.46. The fraction of sp³-hybridized carbons (Fsp3) is 0.185. The quantitative estimate of drug-likeness (QED) is 0.311. The van der Waals surface area contributed by atoms with Crippen LogP contribution in [0.25, 0.3) is 21.4 Å². The zero-order valence-electron chi connectivity index (χ0n) is 20.6. The van der Waals surface area contributed by atoms with Crippen molar-refractivity contribution in [2.24, 2.45) is 5.14 Å². The number of aliphatic hydroxyl groups excluding tert-OH is 1. The lowest BCUT2D eigenvalue weighted by molar-refractivity contribution is 0.0316. The molecule has 1 aliphatic rings. The van der Waals surface area contributed by atoms with E-state index in [1.807, 2.05) is 32.0 Å². The number of aromatic nitrogens is 1. The van der Waals surface area contributed by atoms with E-state index in [-0.39, 0.29) is 10.5 Å². The van der Waals surface area contributed by atoms with Gasteiger partial charge in [0.1, 0.15) is 10.8 Å². The van der Waals surface area contributed by atoms with Crippen molar-refractivity contribution in [3.63, 3.8) is 0 Å². The number of carboxylic acid groups (broad SMARTS) is 1. The van der Waals surface area contributed by atoms with Crippen LogP contribution < -0.4 is 14.8 Å². The summed E-state index contributed by atoms with van der Waals surface area (Å²) in [6, 6.07) is 16.5. The van der Waals surface area contributed by atoms with Crippen LogP contribution in [0.5, 0.6) is 5.75 Å². The third-order valence-corrected chi connectivity index (χ3v) is 8.43. The Bertz CT molecular complexity index is 1710. The number of aromatic carboxylic acids is 1. The Morgan fingerprint density at radius 1 is 1.08 bits per heavy atom. The molecule has 2 heterocycles. The highest BCUT2D eigenvalue weighted by molar-refractivity contribution is 7.89. The highest BCUT2D eigenvalue weighted by Gasteiger charge is 2.33. The summed E-state index contributed by atoms with van der Waals surface area (Å²) in [5.41, 5.74) is 3.26. The summed E-state index contributed by atoms with van der Waals surface area (Å²) in [6.45, 7) is 5.64. The van der Waals surface area contributed by atoms with Crippen LogP contribution in [0.1, 0.15) is 40.3 Å². The first-order chi connectivity index (χ1) is 18.1. The number of sulfonamides is 1.